The molecule has 1 aliphatic rings. The maximum atomic E-state index is 14.5. The maximum Gasteiger partial charge on any atom is 0.416 e. The molecular weight excluding hydrogens is 540 g/mol. The lowest BCUT2D eigenvalue weighted by Crippen LogP contribution is -2.36. The molecule has 1 aliphatic heterocycles. The Morgan fingerprint density at radius 2 is 1.59 bits per heavy atom. The molecule has 3 aromatic heterocycles. The van der Waals surface area contributed by atoms with Gasteiger partial charge < -0.3 is 15.0 Å². The molecule has 4 heterocycles. The van der Waals surface area contributed by atoms with Crippen LogP contribution in [0.5, 0.6) is 0 Å². The molecule has 0 atom stereocenters. The van der Waals surface area contributed by atoms with E-state index in [0.29, 0.717) is 54.9 Å². The molecule has 41 heavy (non-hydrogen) atoms. The molecule has 9 nitrogen and oxygen atoms in total. The fourth-order valence-electron chi connectivity index (χ4n) is 4.37. The Morgan fingerprint density at radius 1 is 0.805 bits per heavy atom. The van der Waals surface area contributed by atoms with Crippen molar-refractivity contribution < 1.29 is 22.3 Å². The van der Waals surface area contributed by atoms with Crippen LogP contribution >= 0.6 is 0 Å². The van der Waals surface area contributed by atoms with E-state index in [1.54, 1.807) is 36.5 Å². The van der Waals surface area contributed by atoms with Crippen LogP contribution in [-0.4, -0.2) is 56.0 Å². The molecule has 0 aliphatic carbocycles. The quantitative estimate of drug-likeness (QED) is 0.270. The Balaban J connectivity index is 1.17. The molecule has 6 rings (SSSR count). The van der Waals surface area contributed by atoms with Gasteiger partial charge in [0.1, 0.15) is 17.8 Å². The van der Waals surface area contributed by atoms with E-state index in [9.17, 15) is 17.6 Å². The van der Waals surface area contributed by atoms with E-state index < -0.39 is 11.7 Å². The largest absolute Gasteiger partial charge is 0.416 e. The average molecular weight is 563 g/mol. The van der Waals surface area contributed by atoms with Crippen molar-refractivity contribution in [2.45, 2.75) is 6.18 Å². The second-order valence-corrected chi connectivity index (χ2v) is 9.18. The first-order chi connectivity index (χ1) is 19.8. The number of aromatic nitrogens is 6. The van der Waals surface area contributed by atoms with Crippen LogP contribution < -0.4 is 10.2 Å². The highest BCUT2D eigenvalue weighted by Crippen LogP contribution is 2.31. The molecular formula is C28H22F4N8O. The number of rotatable bonds is 6. The third kappa shape index (κ3) is 5.99. The van der Waals surface area contributed by atoms with E-state index in [0.717, 1.165) is 24.0 Å². The smallest absolute Gasteiger partial charge is 0.378 e. The van der Waals surface area contributed by atoms with Crippen LogP contribution in [0.4, 0.5) is 34.9 Å². The second kappa shape index (κ2) is 10.9. The number of pyridine rings is 1. The van der Waals surface area contributed by atoms with Crippen molar-refractivity contribution in [2.75, 3.05) is 36.5 Å². The number of hydrogen-bond donors (Lipinski definition) is 1. The van der Waals surface area contributed by atoms with E-state index in [2.05, 4.69) is 35.3 Å². The molecule has 0 radical (unpaired) electrons. The molecule has 2 aromatic carbocycles. The van der Waals surface area contributed by atoms with Crippen molar-refractivity contribution in [3.05, 3.63) is 90.8 Å². The average Bonchev–Trinajstić information content (AvgIpc) is 3.48. The predicted molar refractivity (Wildman–Crippen MR) is 143 cm³/mol. The number of alkyl halides is 3. The first-order valence-electron chi connectivity index (χ1n) is 12.6. The first-order valence-corrected chi connectivity index (χ1v) is 12.6. The predicted octanol–water partition coefficient (Wildman–Crippen LogP) is 5.52. The highest BCUT2D eigenvalue weighted by atomic mass is 19.4. The summed E-state index contributed by atoms with van der Waals surface area (Å²) in [7, 11) is 0. The summed E-state index contributed by atoms with van der Waals surface area (Å²) in [6, 6.07) is 15.4. The van der Waals surface area contributed by atoms with Gasteiger partial charge in [-0.15, -0.1) is 5.10 Å². The molecule has 1 N–H and O–H groups in total. The fourth-order valence-corrected chi connectivity index (χ4v) is 4.37. The molecule has 5 aromatic rings. The van der Waals surface area contributed by atoms with E-state index in [1.807, 2.05) is 6.07 Å². The number of nitrogens with one attached hydrogen (secondary N) is 1. The number of hydrogen-bond acceptors (Lipinski definition) is 8. The summed E-state index contributed by atoms with van der Waals surface area (Å²) in [5.41, 5.74) is 2.47. The minimum atomic E-state index is -4.49. The van der Waals surface area contributed by atoms with Crippen molar-refractivity contribution in [3.8, 4) is 28.5 Å². The Kier molecular flexibility index (Phi) is 7.01. The molecule has 13 heteroatoms. The highest BCUT2D eigenvalue weighted by molar-refractivity contribution is 5.67. The summed E-state index contributed by atoms with van der Waals surface area (Å²) in [5.74, 6) is 0.0385. The first kappa shape index (κ1) is 26.3. The molecule has 0 unspecified atom stereocenters. The number of halogens is 4. The number of ether oxygens (including phenoxy) is 1. The number of nitrogens with zero attached hydrogens (tertiary/aromatic N) is 7. The van der Waals surface area contributed by atoms with Gasteiger partial charge in [0, 0.05) is 42.4 Å². The van der Waals surface area contributed by atoms with Crippen molar-refractivity contribution in [2.24, 2.45) is 0 Å². The summed E-state index contributed by atoms with van der Waals surface area (Å²) in [6.45, 7) is 2.57. The zero-order valence-electron chi connectivity index (χ0n) is 21.4. The van der Waals surface area contributed by atoms with E-state index in [-0.39, 0.29) is 17.3 Å². The summed E-state index contributed by atoms with van der Waals surface area (Å²) < 4.78 is 60.5. The third-order valence-electron chi connectivity index (χ3n) is 6.41. The fraction of sp³-hybridized carbons (Fsp3) is 0.179. The molecule has 0 bridgehead atoms. The summed E-state index contributed by atoms with van der Waals surface area (Å²) >= 11 is 0. The van der Waals surface area contributed by atoms with E-state index in [4.69, 9.17) is 4.74 Å². The lowest BCUT2D eigenvalue weighted by molar-refractivity contribution is -0.137. The van der Waals surface area contributed by atoms with Crippen molar-refractivity contribution in [3.63, 3.8) is 0 Å². The van der Waals surface area contributed by atoms with Gasteiger partial charge in [-0.25, -0.2) is 24.0 Å². The minimum Gasteiger partial charge on any atom is -0.378 e. The lowest BCUT2D eigenvalue weighted by atomic mass is 10.1. The molecule has 0 amide bonds. The molecule has 1 fully saturated rings. The van der Waals surface area contributed by atoms with Gasteiger partial charge in [-0.1, -0.05) is 0 Å². The normalized spacial score (nSPS) is 13.8. The highest BCUT2D eigenvalue weighted by Gasteiger charge is 2.31. The minimum absolute atomic E-state index is 0.0178. The standard InChI is InChI=1S/C28H22F4N8O/c29-20-13-18(14-23(16-20)39-9-11-41-12-10-39)24-6-8-34-27(37-24)36-21-1-3-22(4-2-21)40-17-35-26(38-40)25-15-19(5-7-33-25)28(30,31)32/h1-8,13-17H,9-12H2,(H,34,36,37). The SMILES string of the molecule is Fc1cc(-c2ccnc(Nc3ccc(-n4cnc(-c5cc(C(F)(F)F)ccn5)n4)cc3)n2)cc(N2CCOCC2)c1. The monoisotopic (exact) mass is 562 g/mol. The van der Waals surface area contributed by atoms with Gasteiger partial charge in [0.15, 0.2) is 5.82 Å². The van der Waals surface area contributed by atoms with E-state index >= 15 is 0 Å². The number of anilines is 3. The van der Waals surface area contributed by atoms with Crippen LogP contribution in [0, 0.1) is 5.82 Å². The van der Waals surface area contributed by atoms with Gasteiger partial charge in [-0.3, -0.25) is 4.98 Å². The molecule has 208 valence electrons. The Morgan fingerprint density at radius 3 is 2.37 bits per heavy atom. The van der Waals surface area contributed by atoms with Crippen LogP contribution in [0.1, 0.15) is 5.56 Å². The van der Waals surface area contributed by atoms with Gasteiger partial charge in [0.2, 0.25) is 5.95 Å². The maximum absolute atomic E-state index is 14.5. The molecule has 1 saturated heterocycles. The van der Waals surface area contributed by atoms with Crippen LogP contribution in [0.25, 0.3) is 28.5 Å². The molecule has 0 spiro atoms. The van der Waals surface area contributed by atoms with Gasteiger partial charge in [-0.2, -0.15) is 13.2 Å². The van der Waals surface area contributed by atoms with Crippen LogP contribution in [0.15, 0.2) is 79.4 Å². The summed E-state index contributed by atoms with van der Waals surface area (Å²) in [6.07, 6.45) is -0.420. The Hall–Kier alpha value is -4.91. The topological polar surface area (TPSA) is 93.9 Å². The lowest BCUT2D eigenvalue weighted by Gasteiger charge is -2.29. The number of benzene rings is 2. The van der Waals surface area contributed by atoms with Gasteiger partial charge in [0.25, 0.3) is 0 Å². The van der Waals surface area contributed by atoms with Gasteiger partial charge in [0.05, 0.1) is 30.2 Å². The van der Waals surface area contributed by atoms with Gasteiger partial charge >= 0.3 is 6.18 Å². The van der Waals surface area contributed by atoms with Crippen molar-refractivity contribution >= 4 is 17.3 Å². The van der Waals surface area contributed by atoms with E-state index in [1.165, 1.54) is 23.1 Å². The third-order valence-corrected chi connectivity index (χ3v) is 6.41. The van der Waals surface area contributed by atoms with Crippen molar-refractivity contribution in [1.29, 1.82) is 0 Å². The zero-order valence-corrected chi connectivity index (χ0v) is 21.4. The Bertz CT molecular complexity index is 1670. The van der Waals surface area contributed by atoms with Crippen LogP contribution in [0.2, 0.25) is 0 Å². The van der Waals surface area contributed by atoms with Gasteiger partial charge in [-0.05, 0) is 60.7 Å². The van der Waals surface area contributed by atoms with Crippen LogP contribution in [-0.2, 0) is 10.9 Å². The van der Waals surface area contributed by atoms with Crippen LogP contribution in [0.3, 0.4) is 0 Å². The Labute approximate surface area is 231 Å². The van der Waals surface area contributed by atoms with Crippen molar-refractivity contribution in [1.82, 2.24) is 29.7 Å². The second-order valence-electron chi connectivity index (χ2n) is 9.18. The number of morpholine rings is 1. The molecule has 0 saturated carbocycles. The summed E-state index contributed by atoms with van der Waals surface area (Å²) in [4.78, 5) is 19.0. The zero-order chi connectivity index (χ0) is 28.4. The summed E-state index contributed by atoms with van der Waals surface area (Å²) in [5, 5.41) is 7.40.